The van der Waals surface area contributed by atoms with E-state index in [1.54, 1.807) is 0 Å². The lowest BCUT2D eigenvalue weighted by Gasteiger charge is -2.28. The first-order valence-electron chi connectivity index (χ1n) is 6.27. The molecule has 3 aliphatic rings. The Hall–Kier alpha value is 0.310. The number of nitrogens with one attached hydrogen (secondary N) is 1. The zero-order valence-corrected chi connectivity index (χ0v) is 9.69. The van der Waals surface area contributed by atoms with Gasteiger partial charge in [0, 0.05) is 17.8 Å². The zero-order valence-electron chi connectivity index (χ0n) is 8.87. The Morgan fingerprint density at radius 1 is 1.00 bits per heavy atom. The van der Waals surface area contributed by atoms with Gasteiger partial charge in [0.2, 0.25) is 0 Å². The second-order valence-corrected chi connectivity index (χ2v) is 6.43. The first-order valence-corrected chi connectivity index (χ1v) is 7.43. The molecule has 0 spiro atoms. The topological polar surface area (TPSA) is 12.0 Å². The van der Waals surface area contributed by atoms with E-state index in [1.807, 2.05) is 0 Å². The van der Waals surface area contributed by atoms with Gasteiger partial charge in [-0.05, 0) is 56.1 Å². The summed E-state index contributed by atoms with van der Waals surface area (Å²) < 4.78 is 0. The van der Waals surface area contributed by atoms with Gasteiger partial charge in [0.25, 0.3) is 0 Å². The Bertz CT molecular complexity index is 180. The van der Waals surface area contributed by atoms with Crippen LogP contribution in [0.5, 0.6) is 0 Å². The third kappa shape index (κ3) is 2.27. The van der Waals surface area contributed by atoms with Crippen molar-refractivity contribution in [3.8, 4) is 0 Å². The van der Waals surface area contributed by atoms with Crippen LogP contribution < -0.4 is 5.32 Å². The fourth-order valence-electron chi connectivity index (χ4n) is 2.71. The van der Waals surface area contributed by atoms with Crippen LogP contribution in [-0.4, -0.2) is 23.6 Å². The van der Waals surface area contributed by atoms with Gasteiger partial charge < -0.3 is 5.32 Å². The fraction of sp³-hybridized carbons (Fsp3) is 1.00. The summed E-state index contributed by atoms with van der Waals surface area (Å²) in [7, 11) is 0. The van der Waals surface area contributed by atoms with Crippen LogP contribution in [0.4, 0.5) is 0 Å². The summed E-state index contributed by atoms with van der Waals surface area (Å²) in [5.41, 5.74) is 0. The highest BCUT2D eigenvalue weighted by Crippen LogP contribution is 2.45. The van der Waals surface area contributed by atoms with Crippen molar-refractivity contribution in [2.24, 2.45) is 11.8 Å². The van der Waals surface area contributed by atoms with E-state index in [4.69, 9.17) is 0 Å². The Morgan fingerprint density at radius 3 is 2.21 bits per heavy atom. The highest BCUT2D eigenvalue weighted by molar-refractivity contribution is 7.99. The maximum Gasteiger partial charge on any atom is 0.0161 e. The van der Waals surface area contributed by atoms with Gasteiger partial charge in [-0.1, -0.05) is 0 Å². The normalized spacial score (nSPS) is 33.6. The second kappa shape index (κ2) is 4.05. The Kier molecular flexibility index (Phi) is 2.76. The Balaban J connectivity index is 1.52. The van der Waals surface area contributed by atoms with E-state index in [1.165, 1.54) is 50.0 Å². The maximum absolute atomic E-state index is 3.96. The molecular formula is C12H21NS. The highest BCUT2D eigenvalue weighted by Gasteiger charge is 2.42. The molecule has 0 bridgehead atoms. The van der Waals surface area contributed by atoms with E-state index in [0.717, 1.165) is 23.9 Å². The molecule has 2 aliphatic carbocycles. The van der Waals surface area contributed by atoms with Crippen molar-refractivity contribution in [3.63, 3.8) is 0 Å². The standard InChI is InChI=1S/C12H21NS/c1-2-11(8-14-7-1)13-12(9-3-4-9)10-5-6-10/h9-13H,1-8H2. The molecule has 80 valence electrons. The van der Waals surface area contributed by atoms with Crippen LogP contribution in [0.3, 0.4) is 0 Å². The highest BCUT2D eigenvalue weighted by atomic mass is 32.2. The van der Waals surface area contributed by atoms with Crippen LogP contribution in [0, 0.1) is 11.8 Å². The third-order valence-electron chi connectivity index (χ3n) is 3.85. The Morgan fingerprint density at radius 2 is 1.71 bits per heavy atom. The number of hydrogen-bond acceptors (Lipinski definition) is 2. The van der Waals surface area contributed by atoms with E-state index in [0.29, 0.717) is 0 Å². The number of thioether (sulfide) groups is 1. The van der Waals surface area contributed by atoms with Gasteiger partial charge in [-0.15, -0.1) is 0 Å². The van der Waals surface area contributed by atoms with Gasteiger partial charge in [0.15, 0.2) is 0 Å². The summed E-state index contributed by atoms with van der Waals surface area (Å²) in [6, 6.07) is 1.76. The van der Waals surface area contributed by atoms with Crippen molar-refractivity contribution in [3.05, 3.63) is 0 Å². The van der Waals surface area contributed by atoms with Crippen LogP contribution in [0.2, 0.25) is 0 Å². The summed E-state index contributed by atoms with van der Waals surface area (Å²) >= 11 is 2.15. The molecule has 1 unspecified atom stereocenters. The molecule has 2 heteroatoms. The van der Waals surface area contributed by atoms with Crippen LogP contribution >= 0.6 is 11.8 Å². The molecule has 1 atom stereocenters. The first-order chi connectivity index (χ1) is 6.93. The molecule has 1 heterocycles. The van der Waals surface area contributed by atoms with Crippen LogP contribution in [0.1, 0.15) is 38.5 Å². The van der Waals surface area contributed by atoms with Crippen LogP contribution in [-0.2, 0) is 0 Å². The quantitative estimate of drug-likeness (QED) is 0.767. The minimum Gasteiger partial charge on any atom is -0.310 e. The summed E-state index contributed by atoms with van der Waals surface area (Å²) in [5, 5.41) is 3.96. The van der Waals surface area contributed by atoms with Crippen molar-refractivity contribution >= 4 is 11.8 Å². The molecule has 1 nitrogen and oxygen atoms in total. The van der Waals surface area contributed by atoms with Crippen molar-refractivity contribution in [1.82, 2.24) is 5.32 Å². The van der Waals surface area contributed by atoms with Crippen molar-refractivity contribution < 1.29 is 0 Å². The van der Waals surface area contributed by atoms with Crippen molar-refractivity contribution in [2.45, 2.75) is 50.6 Å². The lowest BCUT2D eigenvalue weighted by Crippen LogP contribution is -2.43. The van der Waals surface area contributed by atoms with Gasteiger partial charge in [0.1, 0.15) is 0 Å². The summed E-state index contributed by atoms with van der Waals surface area (Å²) in [6.07, 6.45) is 8.90. The second-order valence-electron chi connectivity index (χ2n) is 5.28. The molecule has 2 saturated carbocycles. The van der Waals surface area contributed by atoms with Crippen molar-refractivity contribution in [2.75, 3.05) is 11.5 Å². The van der Waals surface area contributed by atoms with Crippen LogP contribution in [0.25, 0.3) is 0 Å². The minimum atomic E-state index is 0.847. The monoisotopic (exact) mass is 211 g/mol. The summed E-state index contributed by atoms with van der Waals surface area (Å²) in [5.74, 6) is 4.90. The third-order valence-corrected chi connectivity index (χ3v) is 5.06. The average molecular weight is 211 g/mol. The fourth-order valence-corrected chi connectivity index (χ4v) is 3.80. The van der Waals surface area contributed by atoms with Gasteiger partial charge in [0.05, 0.1) is 0 Å². The van der Waals surface area contributed by atoms with E-state index >= 15 is 0 Å². The average Bonchev–Trinajstić information content (AvgIpc) is 3.08. The predicted molar refractivity (Wildman–Crippen MR) is 62.7 cm³/mol. The summed E-state index contributed by atoms with van der Waals surface area (Å²) in [4.78, 5) is 0. The lowest BCUT2D eigenvalue weighted by atomic mass is 10.0. The molecule has 1 aliphatic heterocycles. The van der Waals surface area contributed by atoms with E-state index in [2.05, 4.69) is 17.1 Å². The molecular weight excluding hydrogens is 190 g/mol. The van der Waals surface area contributed by atoms with Gasteiger partial charge >= 0.3 is 0 Å². The molecule has 14 heavy (non-hydrogen) atoms. The largest absolute Gasteiger partial charge is 0.310 e. The number of hydrogen-bond donors (Lipinski definition) is 1. The maximum atomic E-state index is 3.96. The smallest absolute Gasteiger partial charge is 0.0161 e. The molecule has 0 aromatic carbocycles. The molecule has 0 amide bonds. The molecule has 3 rings (SSSR count). The zero-order chi connectivity index (χ0) is 9.38. The number of rotatable bonds is 4. The van der Waals surface area contributed by atoms with Crippen LogP contribution in [0.15, 0.2) is 0 Å². The summed E-state index contributed by atoms with van der Waals surface area (Å²) in [6.45, 7) is 0. The van der Waals surface area contributed by atoms with Gasteiger partial charge in [-0.25, -0.2) is 0 Å². The molecule has 0 aromatic rings. The lowest BCUT2D eigenvalue weighted by molar-refractivity contribution is 0.361. The molecule has 1 N–H and O–H groups in total. The van der Waals surface area contributed by atoms with E-state index in [-0.39, 0.29) is 0 Å². The minimum absolute atomic E-state index is 0.847. The molecule has 3 fully saturated rings. The predicted octanol–water partition coefficient (Wildman–Crippen LogP) is 2.66. The Labute approximate surface area is 91.4 Å². The molecule has 0 aromatic heterocycles. The van der Waals surface area contributed by atoms with E-state index < -0.39 is 0 Å². The SMILES string of the molecule is C1CSCC(NC(C2CC2)C2CC2)C1. The first kappa shape index (κ1) is 9.53. The molecule has 1 saturated heterocycles. The van der Waals surface area contributed by atoms with Crippen molar-refractivity contribution in [1.29, 1.82) is 0 Å². The van der Waals surface area contributed by atoms with Gasteiger partial charge in [-0.2, -0.15) is 11.8 Å². The van der Waals surface area contributed by atoms with Gasteiger partial charge in [-0.3, -0.25) is 0 Å². The molecule has 0 radical (unpaired) electrons. The van der Waals surface area contributed by atoms with E-state index in [9.17, 15) is 0 Å².